The van der Waals surface area contributed by atoms with Crippen molar-refractivity contribution >= 4 is 22.6 Å². The number of amides is 2. The fourth-order valence-electron chi connectivity index (χ4n) is 4.83. The van der Waals surface area contributed by atoms with Gasteiger partial charge < -0.3 is 19.9 Å². The summed E-state index contributed by atoms with van der Waals surface area (Å²) in [6, 6.07) is 12.2. The first-order chi connectivity index (χ1) is 21.1. The quantitative estimate of drug-likeness (QED) is 0.201. The Kier molecular flexibility index (Phi) is 9.76. The highest BCUT2D eigenvalue weighted by Gasteiger charge is 2.37. The van der Waals surface area contributed by atoms with Crippen LogP contribution in [0.5, 0.6) is 5.75 Å². The van der Waals surface area contributed by atoms with Gasteiger partial charge >= 0.3 is 18.4 Å². The molecule has 14 heteroatoms. The predicted octanol–water partition coefficient (Wildman–Crippen LogP) is 6.98. The van der Waals surface area contributed by atoms with Crippen LogP contribution < -0.4 is 15.6 Å². The first kappa shape index (κ1) is 33.3. The number of nitrogens with one attached hydrogen (secondary N) is 1. The number of ether oxygens (including phenoxy) is 1. The maximum atomic E-state index is 13.9. The lowest BCUT2D eigenvalue weighted by atomic mass is 10.1. The molecule has 0 aliphatic heterocycles. The van der Waals surface area contributed by atoms with E-state index in [-0.39, 0.29) is 31.4 Å². The number of fused-ring (bicyclic) bond motifs is 1. The summed E-state index contributed by atoms with van der Waals surface area (Å²) in [6.45, 7) is 2.00. The molecule has 0 saturated carbocycles. The van der Waals surface area contributed by atoms with Crippen molar-refractivity contribution in [1.82, 2.24) is 19.4 Å². The average molecular weight is 636 g/mol. The van der Waals surface area contributed by atoms with Gasteiger partial charge in [-0.15, -0.1) is 0 Å². The Labute approximate surface area is 254 Å². The molecule has 1 unspecified atom stereocenters. The summed E-state index contributed by atoms with van der Waals surface area (Å²) in [6.07, 6.45) is -10.0. The first-order valence-corrected chi connectivity index (χ1v) is 13.8. The molecular formula is C31H31F6N5O3. The molecule has 0 radical (unpaired) electrons. The van der Waals surface area contributed by atoms with Crippen LogP contribution in [0.2, 0.25) is 0 Å². The molecule has 0 aliphatic rings. The summed E-state index contributed by atoms with van der Waals surface area (Å²) in [5.74, 6) is 0.681. The van der Waals surface area contributed by atoms with E-state index in [4.69, 9.17) is 9.72 Å². The minimum atomic E-state index is -5.10. The van der Waals surface area contributed by atoms with Crippen molar-refractivity contribution in [2.24, 2.45) is 0 Å². The molecule has 240 valence electrons. The lowest BCUT2D eigenvalue weighted by molar-refractivity contribution is -0.143. The van der Waals surface area contributed by atoms with E-state index in [0.717, 1.165) is 0 Å². The van der Waals surface area contributed by atoms with Gasteiger partial charge in [-0.25, -0.2) is 9.78 Å². The molecule has 45 heavy (non-hydrogen) atoms. The molecule has 0 saturated heterocycles. The summed E-state index contributed by atoms with van der Waals surface area (Å²) >= 11 is 0. The largest absolute Gasteiger partial charge is 0.497 e. The molecule has 2 amide bonds. The lowest BCUT2D eigenvalue weighted by Gasteiger charge is -2.33. The van der Waals surface area contributed by atoms with Crippen LogP contribution in [0.1, 0.15) is 36.3 Å². The topological polar surface area (TPSA) is 79.7 Å². The molecular weight excluding hydrogens is 604 g/mol. The number of halogens is 6. The third kappa shape index (κ3) is 7.56. The van der Waals surface area contributed by atoms with E-state index in [2.05, 4.69) is 5.32 Å². The van der Waals surface area contributed by atoms with Gasteiger partial charge in [-0.1, -0.05) is 19.1 Å². The molecule has 1 aromatic heterocycles. The Balaban J connectivity index is 1.87. The van der Waals surface area contributed by atoms with Gasteiger partial charge in [0.05, 0.1) is 40.9 Å². The summed E-state index contributed by atoms with van der Waals surface area (Å²) in [5.41, 5.74) is -3.49. The zero-order valence-electron chi connectivity index (χ0n) is 24.8. The van der Waals surface area contributed by atoms with Crippen LogP contribution in [-0.4, -0.2) is 59.7 Å². The highest BCUT2D eigenvalue weighted by molar-refractivity contribution is 5.90. The van der Waals surface area contributed by atoms with Gasteiger partial charge in [0.15, 0.2) is 0 Å². The minimum absolute atomic E-state index is 0.00621. The highest BCUT2D eigenvalue weighted by atomic mass is 19.4. The number of anilines is 1. The first-order valence-electron chi connectivity index (χ1n) is 13.8. The summed E-state index contributed by atoms with van der Waals surface area (Å²) in [4.78, 5) is 35.5. The minimum Gasteiger partial charge on any atom is -0.497 e. The van der Waals surface area contributed by atoms with Crippen molar-refractivity contribution in [3.63, 3.8) is 0 Å². The fraction of sp³-hybridized carbons (Fsp3) is 0.323. The number of urea groups is 1. The van der Waals surface area contributed by atoms with Gasteiger partial charge in [0.2, 0.25) is 0 Å². The number of carbonyl (C=O) groups excluding carboxylic acids is 1. The molecule has 4 aromatic rings. The van der Waals surface area contributed by atoms with Gasteiger partial charge in [0.1, 0.15) is 11.6 Å². The van der Waals surface area contributed by atoms with Crippen molar-refractivity contribution in [2.45, 2.75) is 31.7 Å². The molecule has 8 nitrogen and oxygen atoms in total. The Morgan fingerprint density at radius 2 is 1.53 bits per heavy atom. The summed E-state index contributed by atoms with van der Waals surface area (Å²) in [5, 5.41) is 2.54. The molecule has 4 rings (SSSR count). The number of alkyl halides is 6. The number of benzene rings is 3. The van der Waals surface area contributed by atoms with E-state index < -0.39 is 46.8 Å². The number of methoxy groups -OCH3 is 1. The maximum absolute atomic E-state index is 13.9. The second kappa shape index (κ2) is 13.2. The van der Waals surface area contributed by atoms with Gasteiger partial charge in [0, 0.05) is 18.8 Å². The van der Waals surface area contributed by atoms with Crippen LogP contribution in [0.15, 0.2) is 71.5 Å². The average Bonchev–Trinajstić information content (AvgIpc) is 2.98. The van der Waals surface area contributed by atoms with Crippen LogP contribution in [0.3, 0.4) is 0 Å². The molecule has 1 heterocycles. The van der Waals surface area contributed by atoms with Crippen molar-refractivity contribution in [3.8, 4) is 11.4 Å². The standard InChI is InChI=1S/C31H31F6N5O3/c1-5-26(27-39-25-9-7-6-8-24(25)28(43)42(27)22-10-12-23(45-4)13-11-22)41(15-14-40(2)3)29(44)38-21-17-19(30(32,33)34)16-20(18-21)31(35,36)37/h6-13,16-18,26H,5,14-15H2,1-4H3,(H,38,44). The van der Waals surface area contributed by atoms with E-state index in [1.165, 1.54) is 16.6 Å². The number of aromatic nitrogens is 2. The van der Waals surface area contributed by atoms with Crippen molar-refractivity contribution in [2.75, 3.05) is 39.6 Å². The number of nitrogens with zero attached hydrogens (tertiary/aromatic N) is 4. The van der Waals surface area contributed by atoms with Crippen LogP contribution in [0, 0.1) is 0 Å². The molecule has 0 bridgehead atoms. The van der Waals surface area contributed by atoms with Gasteiger partial charge in [-0.05, 0) is 75.1 Å². The van der Waals surface area contributed by atoms with Crippen LogP contribution >= 0.6 is 0 Å². The van der Waals surface area contributed by atoms with Crippen LogP contribution in [0.4, 0.5) is 36.8 Å². The van der Waals surface area contributed by atoms with Gasteiger partial charge in [0.25, 0.3) is 5.56 Å². The second-order valence-electron chi connectivity index (χ2n) is 10.5. The molecule has 1 N–H and O–H groups in total. The van der Waals surface area contributed by atoms with Crippen molar-refractivity contribution < 1.29 is 35.9 Å². The zero-order valence-corrected chi connectivity index (χ0v) is 24.8. The second-order valence-corrected chi connectivity index (χ2v) is 10.5. The number of para-hydroxylation sites is 1. The lowest BCUT2D eigenvalue weighted by Crippen LogP contribution is -2.43. The molecule has 3 aromatic carbocycles. The van der Waals surface area contributed by atoms with E-state index in [1.807, 2.05) is 0 Å². The van der Waals surface area contributed by atoms with Crippen LogP contribution in [-0.2, 0) is 12.4 Å². The highest BCUT2D eigenvalue weighted by Crippen LogP contribution is 2.38. The Morgan fingerprint density at radius 3 is 2.07 bits per heavy atom. The molecule has 0 aliphatic carbocycles. The van der Waals surface area contributed by atoms with Gasteiger partial charge in [-0.2, -0.15) is 26.3 Å². The molecule has 0 spiro atoms. The number of hydrogen-bond acceptors (Lipinski definition) is 5. The summed E-state index contributed by atoms with van der Waals surface area (Å²) in [7, 11) is 4.96. The summed E-state index contributed by atoms with van der Waals surface area (Å²) < 4.78 is 87.7. The molecule has 0 fully saturated rings. The third-order valence-corrected chi connectivity index (χ3v) is 7.08. The van der Waals surface area contributed by atoms with Gasteiger partial charge in [-0.3, -0.25) is 9.36 Å². The number of likely N-dealkylation sites (N-methyl/N-ethyl adjacent to an activating group) is 1. The van der Waals surface area contributed by atoms with E-state index in [0.29, 0.717) is 34.5 Å². The van der Waals surface area contributed by atoms with E-state index in [9.17, 15) is 35.9 Å². The number of carbonyl (C=O) groups is 1. The SMILES string of the molecule is CCC(c1nc2ccccc2c(=O)n1-c1ccc(OC)cc1)N(CCN(C)C)C(=O)Nc1cc(C(F)(F)F)cc(C(F)(F)F)c1. The van der Waals surface area contributed by atoms with E-state index >= 15 is 0 Å². The Hall–Kier alpha value is -4.59. The maximum Gasteiger partial charge on any atom is 0.416 e. The fourth-order valence-corrected chi connectivity index (χ4v) is 4.83. The van der Waals surface area contributed by atoms with Crippen LogP contribution in [0.25, 0.3) is 16.6 Å². The number of rotatable bonds is 9. The van der Waals surface area contributed by atoms with Crippen molar-refractivity contribution in [3.05, 3.63) is 94.0 Å². The zero-order chi connectivity index (χ0) is 33.1. The smallest absolute Gasteiger partial charge is 0.416 e. The number of hydrogen-bond donors (Lipinski definition) is 1. The third-order valence-electron chi connectivity index (χ3n) is 7.08. The normalized spacial score (nSPS) is 12.8. The van der Waals surface area contributed by atoms with Crippen molar-refractivity contribution in [1.29, 1.82) is 0 Å². The Morgan fingerprint density at radius 1 is 0.933 bits per heavy atom. The predicted molar refractivity (Wildman–Crippen MR) is 158 cm³/mol. The monoisotopic (exact) mass is 635 g/mol. The van der Waals surface area contributed by atoms with E-state index in [1.54, 1.807) is 74.4 Å². The Bertz CT molecular complexity index is 1690. The molecule has 1 atom stereocenters.